The minimum absolute atomic E-state index is 0.206. The number of rotatable bonds is 5. The molecule has 1 N–H and O–H groups in total. The van der Waals surface area contributed by atoms with E-state index in [-0.39, 0.29) is 5.92 Å². The van der Waals surface area contributed by atoms with E-state index in [9.17, 15) is 4.79 Å². The molecular formula is C18H23NO2. The SMILES string of the molecule is CCCOc1ccc2[nH]cc(C(=O)C3CCCCC3)c2c1. The Morgan fingerprint density at radius 3 is 2.86 bits per heavy atom. The first-order chi connectivity index (χ1) is 10.3. The third-order valence-corrected chi connectivity index (χ3v) is 4.37. The topological polar surface area (TPSA) is 42.1 Å². The monoisotopic (exact) mass is 285 g/mol. The van der Waals surface area contributed by atoms with Crippen LogP contribution in [0.2, 0.25) is 0 Å². The molecule has 0 aliphatic heterocycles. The van der Waals surface area contributed by atoms with Crippen LogP contribution in [0.25, 0.3) is 10.9 Å². The molecule has 1 saturated carbocycles. The highest BCUT2D eigenvalue weighted by Crippen LogP contribution is 2.31. The van der Waals surface area contributed by atoms with Crippen molar-refractivity contribution in [1.29, 1.82) is 0 Å². The zero-order valence-electron chi connectivity index (χ0n) is 12.7. The van der Waals surface area contributed by atoms with Gasteiger partial charge in [-0.15, -0.1) is 0 Å². The normalized spacial score (nSPS) is 16.2. The van der Waals surface area contributed by atoms with Crippen molar-refractivity contribution in [3.8, 4) is 5.75 Å². The van der Waals surface area contributed by atoms with Gasteiger partial charge in [-0.1, -0.05) is 26.2 Å². The highest BCUT2D eigenvalue weighted by atomic mass is 16.5. The first-order valence-electron chi connectivity index (χ1n) is 8.07. The molecule has 1 fully saturated rings. The molecule has 0 spiro atoms. The van der Waals surface area contributed by atoms with Crippen LogP contribution in [0.3, 0.4) is 0 Å². The van der Waals surface area contributed by atoms with Crippen LogP contribution in [-0.2, 0) is 0 Å². The van der Waals surface area contributed by atoms with Crippen molar-refractivity contribution in [2.24, 2.45) is 5.92 Å². The number of Topliss-reactive ketones (excluding diaryl/α,β-unsaturated/α-hetero) is 1. The van der Waals surface area contributed by atoms with Crippen LogP contribution in [0.4, 0.5) is 0 Å². The second-order valence-electron chi connectivity index (χ2n) is 5.96. The molecule has 0 radical (unpaired) electrons. The maximum Gasteiger partial charge on any atom is 0.168 e. The average molecular weight is 285 g/mol. The van der Waals surface area contributed by atoms with Gasteiger partial charge in [0.1, 0.15) is 5.75 Å². The van der Waals surface area contributed by atoms with Gasteiger partial charge in [0.15, 0.2) is 5.78 Å². The number of hydrogen-bond donors (Lipinski definition) is 1. The number of ether oxygens (including phenoxy) is 1. The van der Waals surface area contributed by atoms with Gasteiger partial charge in [0.05, 0.1) is 6.61 Å². The van der Waals surface area contributed by atoms with Crippen LogP contribution < -0.4 is 4.74 Å². The Morgan fingerprint density at radius 2 is 2.10 bits per heavy atom. The maximum atomic E-state index is 12.7. The molecule has 0 atom stereocenters. The molecule has 3 heteroatoms. The molecule has 21 heavy (non-hydrogen) atoms. The molecule has 1 heterocycles. The van der Waals surface area contributed by atoms with Gasteiger partial charge in [-0.05, 0) is 37.5 Å². The van der Waals surface area contributed by atoms with Gasteiger partial charge in [-0.25, -0.2) is 0 Å². The number of carbonyl (C=O) groups is 1. The van der Waals surface area contributed by atoms with Gasteiger partial charge >= 0.3 is 0 Å². The van der Waals surface area contributed by atoms with E-state index >= 15 is 0 Å². The van der Waals surface area contributed by atoms with Crippen LogP contribution in [-0.4, -0.2) is 17.4 Å². The third kappa shape index (κ3) is 2.97. The minimum Gasteiger partial charge on any atom is -0.494 e. The number of fused-ring (bicyclic) bond motifs is 1. The lowest BCUT2D eigenvalue weighted by Crippen LogP contribution is -2.17. The number of hydrogen-bond acceptors (Lipinski definition) is 2. The van der Waals surface area contributed by atoms with Crippen LogP contribution in [0, 0.1) is 5.92 Å². The van der Waals surface area contributed by atoms with Crippen molar-refractivity contribution in [3.63, 3.8) is 0 Å². The highest BCUT2D eigenvalue weighted by Gasteiger charge is 2.24. The fraction of sp³-hybridized carbons (Fsp3) is 0.500. The third-order valence-electron chi connectivity index (χ3n) is 4.37. The Kier molecular flexibility index (Phi) is 4.28. The summed E-state index contributed by atoms with van der Waals surface area (Å²) in [6, 6.07) is 5.96. The average Bonchev–Trinajstić information content (AvgIpc) is 2.96. The minimum atomic E-state index is 0.206. The smallest absolute Gasteiger partial charge is 0.168 e. The molecule has 1 aliphatic rings. The van der Waals surface area contributed by atoms with Crippen molar-refractivity contribution in [1.82, 2.24) is 4.98 Å². The molecule has 3 nitrogen and oxygen atoms in total. The van der Waals surface area contributed by atoms with E-state index in [1.165, 1.54) is 19.3 Å². The van der Waals surface area contributed by atoms with E-state index in [1.807, 2.05) is 24.4 Å². The Morgan fingerprint density at radius 1 is 1.29 bits per heavy atom. The van der Waals surface area contributed by atoms with Crippen LogP contribution in [0.1, 0.15) is 55.8 Å². The summed E-state index contributed by atoms with van der Waals surface area (Å²) in [6.45, 7) is 2.80. The van der Waals surface area contributed by atoms with E-state index < -0.39 is 0 Å². The molecule has 1 aromatic carbocycles. The summed E-state index contributed by atoms with van der Waals surface area (Å²) in [5.74, 6) is 1.35. The van der Waals surface area contributed by atoms with Gasteiger partial charge in [-0.3, -0.25) is 4.79 Å². The zero-order valence-corrected chi connectivity index (χ0v) is 12.7. The number of nitrogens with one attached hydrogen (secondary N) is 1. The molecule has 0 saturated heterocycles. The Labute approximate surface area is 125 Å². The van der Waals surface area contributed by atoms with E-state index in [2.05, 4.69) is 11.9 Å². The van der Waals surface area contributed by atoms with Gasteiger partial charge in [0.2, 0.25) is 0 Å². The quantitative estimate of drug-likeness (QED) is 0.808. The summed E-state index contributed by atoms with van der Waals surface area (Å²) < 4.78 is 5.69. The summed E-state index contributed by atoms with van der Waals surface area (Å²) in [7, 11) is 0. The number of carbonyl (C=O) groups excluding carboxylic acids is 1. The number of benzene rings is 1. The van der Waals surface area contributed by atoms with Crippen LogP contribution in [0.15, 0.2) is 24.4 Å². The van der Waals surface area contributed by atoms with E-state index in [0.29, 0.717) is 12.4 Å². The van der Waals surface area contributed by atoms with Crippen molar-refractivity contribution >= 4 is 16.7 Å². The van der Waals surface area contributed by atoms with E-state index in [1.54, 1.807) is 0 Å². The maximum absolute atomic E-state index is 12.7. The molecule has 0 amide bonds. The lowest BCUT2D eigenvalue weighted by molar-refractivity contribution is 0.0891. The number of H-pyrrole nitrogens is 1. The first kappa shape index (κ1) is 14.2. The van der Waals surface area contributed by atoms with Gasteiger partial charge in [-0.2, -0.15) is 0 Å². The lowest BCUT2D eigenvalue weighted by Gasteiger charge is -2.19. The fourth-order valence-electron chi connectivity index (χ4n) is 3.20. The molecule has 3 rings (SSSR count). The standard InChI is InChI=1S/C18H23NO2/c1-2-10-21-14-8-9-17-15(11-14)16(12-19-17)18(20)13-6-4-3-5-7-13/h8-9,11-13,19H,2-7,10H2,1H3. The second-order valence-corrected chi connectivity index (χ2v) is 5.96. The highest BCUT2D eigenvalue weighted by molar-refractivity contribution is 6.09. The number of aromatic nitrogens is 1. The number of ketones is 1. The molecule has 0 bridgehead atoms. The Bertz CT molecular complexity index is 623. The summed E-state index contributed by atoms with van der Waals surface area (Å²) in [4.78, 5) is 16.0. The zero-order chi connectivity index (χ0) is 14.7. The number of aromatic amines is 1. The molecular weight excluding hydrogens is 262 g/mol. The van der Waals surface area contributed by atoms with Gasteiger partial charge in [0, 0.05) is 28.6 Å². The van der Waals surface area contributed by atoms with Crippen molar-refractivity contribution in [3.05, 3.63) is 30.0 Å². The van der Waals surface area contributed by atoms with Crippen molar-refractivity contribution < 1.29 is 9.53 Å². The van der Waals surface area contributed by atoms with E-state index in [4.69, 9.17) is 4.74 Å². The lowest BCUT2D eigenvalue weighted by atomic mass is 9.84. The van der Waals surface area contributed by atoms with Crippen LogP contribution in [0.5, 0.6) is 5.75 Å². The van der Waals surface area contributed by atoms with Crippen molar-refractivity contribution in [2.75, 3.05) is 6.61 Å². The Balaban J connectivity index is 1.88. The molecule has 1 aromatic heterocycles. The molecule has 112 valence electrons. The first-order valence-corrected chi connectivity index (χ1v) is 8.07. The summed E-state index contributed by atoms with van der Waals surface area (Å²) in [6.07, 6.45) is 8.57. The Hall–Kier alpha value is -1.77. The molecule has 0 unspecified atom stereocenters. The van der Waals surface area contributed by atoms with Gasteiger partial charge < -0.3 is 9.72 Å². The summed E-state index contributed by atoms with van der Waals surface area (Å²) in [5, 5.41) is 0.999. The predicted molar refractivity (Wildman–Crippen MR) is 85.0 cm³/mol. The predicted octanol–water partition coefficient (Wildman–Crippen LogP) is 4.72. The largest absolute Gasteiger partial charge is 0.494 e. The van der Waals surface area contributed by atoms with Gasteiger partial charge in [0.25, 0.3) is 0 Å². The molecule has 1 aliphatic carbocycles. The fourth-order valence-corrected chi connectivity index (χ4v) is 3.20. The van der Waals surface area contributed by atoms with Crippen molar-refractivity contribution in [2.45, 2.75) is 45.4 Å². The van der Waals surface area contributed by atoms with Crippen LogP contribution >= 0.6 is 0 Å². The second kappa shape index (κ2) is 6.33. The summed E-state index contributed by atoms with van der Waals surface area (Å²) in [5.41, 5.74) is 1.84. The molecule has 2 aromatic rings. The van der Waals surface area contributed by atoms with E-state index in [0.717, 1.165) is 41.5 Å². The summed E-state index contributed by atoms with van der Waals surface area (Å²) >= 11 is 0.